The lowest BCUT2D eigenvalue weighted by molar-refractivity contribution is 0.280. The fourth-order valence-electron chi connectivity index (χ4n) is 6.17. The molecule has 10 heteroatoms. The summed E-state index contributed by atoms with van der Waals surface area (Å²) in [6, 6.07) is 18.4. The Balaban J connectivity index is 1.79. The first-order chi connectivity index (χ1) is 22.0. The fourth-order valence-corrected chi connectivity index (χ4v) is 6.99. The van der Waals surface area contributed by atoms with Crippen molar-refractivity contribution in [3.8, 4) is 22.6 Å². The van der Waals surface area contributed by atoms with E-state index in [4.69, 9.17) is 9.05 Å². The second kappa shape index (κ2) is 16.9. The van der Waals surface area contributed by atoms with Crippen LogP contribution in [0, 0.1) is 0 Å². The quantitative estimate of drug-likeness (QED) is 0.0572. The van der Waals surface area contributed by atoms with Gasteiger partial charge in [0.15, 0.2) is 0 Å². The summed E-state index contributed by atoms with van der Waals surface area (Å²) in [7, 11) is -9.98. The van der Waals surface area contributed by atoms with Crippen molar-refractivity contribution in [3.05, 3.63) is 71.8 Å². The van der Waals surface area contributed by atoms with E-state index in [0.29, 0.717) is 21.9 Å². The number of fused-ring (bicyclic) bond motifs is 2. The van der Waals surface area contributed by atoms with Gasteiger partial charge in [-0.25, -0.2) is 9.13 Å². The van der Waals surface area contributed by atoms with E-state index < -0.39 is 15.6 Å². The summed E-state index contributed by atoms with van der Waals surface area (Å²) >= 11 is 0. The third-order valence-electron chi connectivity index (χ3n) is 8.41. The number of rotatable bonds is 19. The van der Waals surface area contributed by atoms with Crippen LogP contribution in [-0.2, 0) is 22.0 Å². The Morgan fingerprint density at radius 1 is 0.500 bits per heavy atom. The van der Waals surface area contributed by atoms with Crippen LogP contribution in [0.1, 0.15) is 102 Å². The third-order valence-corrected chi connectivity index (χ3v) is 9.28. The van der Waals surface area contributed by atoms with Gasteiger partial charge in [-0.3, -0.25) is 19.6 Å². The Hall–Kier alpha value is -2.70. The summed E-state index contributed by atoms with van der Waals surface area (Å²) in [5.41, 5.74) is 2.87. The minimum absolute atomic E-state index is 0.108. The first kappa shape index (κ1) is 36.1. The molecule has 46 heavy (non-hydrogen) atoms. The van der Waals surface area contributed by atoms with Gasteiger partial charge in [0.25, 0.3) is 0 Å². The van der Waals surface area contributed by atoms with Crippen molar-refractivity contribution in [2.75, 3.05) is 0 Å². The molecule has 0 saturated carbocycles. The topological polar surface area (TPSA) is 134 Å². The summed E-state index contributed by atoms with van der Waals surface area (Å²) in [5.74, 6) is -0.215. The SMILES string of the molecule is CCCCCCCCc1ccc2c(-c3c(OP(=O)(O)O)ccc4cc(CCCCCCCC)ccc34)c(OP(=O)(O)O)ccc2c1. The molecular formula is C36H48O8P2. The highest BCUT2D eigenvalue weighted by atomic mass is 31.2. The normalized spacial score (nSPS) is 12.2. The summed E-state index contributed by atoms with van der Waals surface area (Å²) in [6.07, 6.45) is 16.0. The number of unbranched alkanes of at least 4 members (excludes halogenated alkanes) is 10. The number of phosphoric ester groups is 2. The predicted molar refractivity (Wildman–Crippen MR) is 186 cm³/mol. The van der Waals surface area contributed by atoms with Gasteiger partial charge in [0.05, 0.1) is 0 Å². The molecule has 0 spiro atoms. The molecule has 0 aliphatic heterocycles. The Morgan fingerprint density at radius 2 is 0.870 bits per heavy atom. The van der Waals surface area contributed by atoms with E-state index in [1.807, 2.05) is 24.3 Å². The second-order valence-electron chi connectivity index (χ2n) is 12.2. The van der Waals surface area contributed by atoms with Crippen molar-refractivity contribution < 1.29 is 37.8 Å². The molecule has 4 aromatic carbocycles. The lowest BCUT2D eigenvalue weighted by Crippen LogP contribution is -1.99. The molecule has 0 saturated heterocycles. The van der Waals surface area contributed by atoms with Crippen LogP contribution < -0.4 is 9.05 Å². The van der Waals surface area contributed by atoms with Crippen LogP contribution in [-0.4, -0.2) is 19.6 Å². The van der Waals surface area contributed by atoms with E-state index >= 15 is 0 Å². The van der Waals surface area contributed by atoms with Crippen LogP contribution in [0.25, 0.3) is 32.7 Å². The molecule has 0 unspecified atom stereocenters. The van der Waals surface area contributed by atoms with E-state index in [0.717, 1.165) is 60.4 Å². The Labute approximate surface area is 272 Å². The lowest BCUT2D eigenvalue weighted by atomic mass is 9.90. The summed E-state index contributed by atoms with van der Waals surface area (Å²) in [5, 5.41) is 2.87. The molecular weight excluding hydrogens is 622 g/mol. The molecule has 4 aromatic rings. The number of hydrogen-bond donors (Lipinski definition) is 4. The summed E-state index contributed by atoms with van der Waals surface area (Å²) in [4.78, 5) is 39.3. The monoisotopic (exact) mass is 670 g/mol. The van der Waals surface area contributed by atoms with Crippen molar-refractivity contribution >= 4 is 37.2 Å². The zero-order valence-electron chi connectivity index (χ0n) is 27.0. The van der Waals surface area contributed by atoms with Crippen LogP contribution in [0.3, 0.4) is 0 Å². The van der Waals surface area contributed by atoms with Gasteiger partial charge in [0, 0.05) is 11.1 Å². The molecule has 0 atom stereocenters. The largest absolute Gasteiger partial charge is 0.524 e. The van der Waals surface area contributed by atoms with Gasteiger partial charge in [-0.1, -0.05) is 127 Å². The fraction of sp³-hybridized carbons (Fsp3) is 0.444. The maximum atomic E-state index is 12.1. The van der Waals surface area contributed by atoms with Gasteiger partial charge < -0.3 is 9.05 Å². The Bertz CT molecular complexity index is 1570. The zero-order valence-corrected chi connectivity index (χ0v) is 28.8. The number of hydrogen-bond acceptors (Lipinski definition) is 4. The molecule has 0 fully saturated rings. The highest BCUT2D eigenvalue weighted by molar-refractivity contribution is 7.47. The molecule has 0 aromatic heterocycles. The number of benzene rings is 4. The predicted octanol–water partition coefficient (Wildman–Crippen LogP) is 10.4. The van der Waals surface area contributed by atoms with Crippen molar-refractivity contribution in [2.24, 2.45) is 0 Å². The summed E-state index contributed by atoms with van der Waals surface area (Å²) in [6.45, 7) is 4.40. The summed E-state index contributed by atoms with van der Waals surface area (Å²) < 4.78 is 34.6. The standard InChI is InChI=1S/C36H48O8P2/c1-3-5-7-9-11-13-15-27-17-21-31-29(25-27)19-23-33(43-45(37,38)39)35(31)36-32-22-18-28(16-14-12-10-8-6-4-2)26-30(32)20-24-34(36)44-46(40,41)42/h17-26H,3-16H2,1-2H3,(H2,37,38,39)(H2,40,41,42). The number of phosphoric acid groups is 2. The number of aryl methyl sites for hydroxylation is 2. The van der Waals surface area contributed by atoms with E-state index in [1.165, 1.54) is 63.5 Å². The first-order valence-electron chi connectivity index (χ1n) is 16.6. The lowest BCUT2D eigenvalue weighted by Gasteiger charge is -2.20. The average Bonchev–Trinajstić information content (AvgIpc) is 2.99. The van der Waals surface area contributed by atoms with Crippen molar-refractivity contribution in [1.29, 1.82) is 0 Å². The van der Waals surface area contributed by atoms with Crippen molar-refractivity contribution in [2.45, 2.75) is 104 Å². The van der Waals surface area contributed by atoms with E-state index in [1.54, 1.807) is 12.1 Å². The first-order valence-corrected chi connectivity index (χ1v) is 19.7. The minimum atomic E-state index is -4.99. The van der Waals surface area contributed by atoms with Crippen molar-refractivity contribution in [1.82, 2.24) is 0 Å². The molecule has 250 valence electrons. The maximum absolute atomic E-state index is 12.1. The minimum Gasteiger partial charge on any atom is -0.404 e. The highest BCUT2D eigenvalue weighted by Gasteiger charge is 2.27. The Kier molecular flexibility index (Phi) is 13.3. The van der Waals surface area contributed by atoms with Gasteiger partial charge in [0.1, 0.15) is 11.5 Å². The van der Waals surface area contributed by atoms with Gasteiger partial charge in [0.2, 0.25) is 0 Å². The van der Waals surface area contributed by atoms with Gasteiger partial charge in [-0.05, 0) is 70.5 Å². The van der Waals surface area contributed by atoms with Crippen LogP contribution in [0.4, 0.5) is 0 Å². The maximum Gasteiger partial charge on any atom is 0.524 e. The molecule has 4 rings (SSSR count). The van der Waals surface area contributed by atoms with Crippen LogP contribution in [0.15, 0.2) is 60.7 Å². The molecule has 0 bridgehead atoms. The molecule has 0 radical (unpaired) electrons. The van der Waals surface area contributed by atoms with E-state index in [-0.39, 0.29) is 11.5 Å². The van der Waals surface area contributed by atoms with Gasteiger partial charge in [-0.2, -0.15) is 0 Å². The molecule has 4 N–H and O–H groups in total. The Morgan fingerprint density at radius 3 is 1.24 bits per heavy atom. The highest BCUT2D eigenvalue weighted by Crippen LogP contribution is 2.52. The second-order valence-corrected chi connectivity index (χ2v) is 14.5. The van der Waals surface area contributed by atoms with E-state index in [9.17, 15) is 28.7 Å². The van der Waals surface area contributed by atoms with Gasteiger partial charge >= 0.3 is 15.6 Å². The molecule has 8 nitrogen and oxygen atoms in total. The van der Waals surface area contributed by atoms with Gasteiger partial charge in [-0.15, -0.1) is 0 Å². The molecule has 0 amide bonds. The third kappa shape index (κ3) is 10.7. The van der Waals surface area contributed by atoms with Crippen LogP contribution in [0.5, 0.6) is 11.5 Å². The van der Waals surface area contributed by atoms with Crippen LogP contribution >= 0.6 is 15.6 Å². The van der Waals surface area contributed by atoms with E-state index in [2.05, 4.69) is 26.0 Å². The van der Waals surface area contributed by atoms with Crippen LogP contribution in [0.2, 0.25) is 0 Å². The zero-order chi connectivity index (χ0) is 33.2. The molecule has 0 heterocycles. The molecule has 0 aliphatic carbocycles. The average molecular weight is 671 g/mol. The molecule has 0 aliphatic rings. The van der Waals surface area contributed by atoms with Crippen molar-refractivity contribution in [3.63, 3.8) is 0 Å². The smallest absolute Gasteiger partial charge is 0.404 e.